The molecule has 2 rings (SSSR count). The van der Waals surface area contributed by atoms with Crippen LogP contribution in [-0.4, -0.2) is 25.2 Å². The van der Waals surface area contributed by atoms with Gasteiger partial charge < -0.3 is 14.8 Å². The van der Waals surface area contributed by atoms with Crippen molar-refractivity contribution in [2.24, 2.45) is 0 Å². The van der Waals surface area contributed by atoms with Gasteiger partial charge in [0.1, 0.15) is 17.3 Å². The van der Waals surface area contributed by atoms with Gasteiger partial charge in [-0.25, -0.2) is 0 Å². The summed E-state index contributed by atoms with van der Waals surface area (Å²) in [6, 6.07) is 13.0. The number of ether oxygens (including phenoxy) is 2. The third-order valence-electron chi connectivity index (χ3n) is 3.10. The van der Waals surface area contributed by atoms with E-state index in [1.54, 1.807) is 19.2 Å². The van der Waals surface area contributed by atoms with E-state index in [1.807, 2.05) is 30.3 Å². The highest BCUT2D eigenvalue weighted by Gasteiger charge is 2.05. The van der Waals surface area contributed by atoms with Crippen LogP contribution in [0.5, 0.6) is 5.75 Å². The molecule has 0 amide bonds. The normalized spacial score (nSPS) is 10.4. The molecule has 2 aromatic carbocycles. The summed E-state index contributed by atoms with van der Waals surface area (Å²) in [6.45, 7) is 1.63. The lowest BCUT2D eigenvalue weighted by Gasteiger charge is -2.11. The predicted octanol–water partition coefficient (Wildman–Crippen LogP) is 4.48. The van der Waals surface area contributed by atoms with Crippen LogP contribution in [0.25, 0.3) is 0 Å². The number of thiocarbonyl (C=S) groups is 1. The molecule has 2 aromatic rings. The van der Waals surface area contributed by atoms with Crippen molar-refractivity contribution >= 4 is 40.4 Å². The van der Waals surface area contributed by atoms with Crippen LogP contribution in [0.1, 0.15) is 11.1 Å². The highest BCUT2D eigenvalue weighted by Crippen LogP contribution is 2.23. The first kappa shape index (κ1) is 18.0. The Morgan fingerprint density at radius 2 is 2.00 bits per heavy atom. The lowest BCUT2D eigenvalue weighted by atomic mass is 10.2. The Hall–Kier alpha value is -1.33. The van der Waals surface area contributed by atoms with Crippen molar-refractivity contribution in [3.63, 3.8) is 0 Å². The van der Waals surface area contributed by atoms with Gasteiger partial charge in [0.2, 0.25) is 0 Å². The molecular weight excluding hydrogens is 353 g/mol. The van der Waals surface area contributed by atoms with Gasteiger partial charge >= 0.3 is 0 Å². The molecule has 0 bridgehead atoms. The second-order valence-electron chi connectivity index (χ2n) is 4.80. The summed E-state index contributed by atoms with van der Waals surface area (Å²) < 4.78 is 10.8. The van der Waals surface area contributed by atoms with Gasteiger partial charge in [0.05, 0.1) is 6.61 Å². The van der Waals surface area contributed by atoms with Crippen molar-refractivity contribution in [2.45, 2.75) is 6.61 Å². The number of methoxy groups -OCH3 is 1. The fourth-order valence-electron chi connectivity index (χ4n) is 1.90. The molecule has 0 saturated heterocycles. The molecule has 0 fully saturated rings. The molecule has 0 aliphatic rings. The molecule has 0 spiro atoms. The topological polar surface area (TPSA) is 30.5 Å². The Labute approximate surface area is 151 Å². The standard InChI is InChI=1S/C17H17Cl2NO2S/c1-21-8-7-20-17(23)12-3-2-4-15(9-12)22-11-13-5-6-14(18)10-16(13)19/h2-6,9-10H,7-8,11H2,1H3,(H,20,23). The van der Waals surface area contributed by atoms with Crippen LogP contribution in [0, 0.1) is 0 Å². The van der Waals surface area contributed by atoms with Crippen molar-refractivity contribution in [2.75, 3.05) is 20.3 Å². The molecule has 0 aliphatic heterocycles. The minimum Gasteiger partial charge on any atom is -0.489 e. The van der Waals surface area contributed by atoms with Gasteiger partial charge in [-0.1, -0.05) is 53.6 Å². The molecule has 0 saturated carbocycles. The van der Waals surface area contributed by atoms with E-state index < -0.39 is 0 Å². The second-order valence-corrected chi connectivity index (χ2v) is 6.05. The van der Waals surface area contributed by atoms with Gasteiger partial charge in [-0.3, -0.25) is 0 Å². The largest absolute Gasteiger partial charge is 0.489 e. The van der Waals surface area contributed by atoms with Crippen molar-refractivity contribution < 1.29 is 9.47 Å². The maximum absolute atomic E-state index is 6.14. The molecule has 0 atom stereocenters. The summed E-state index contributed by atoms with van der Waals surface area (Å²) in [5.41, 5.74) is 1.78. The van der Waals surface area contributed by atoms with E-state index in [4.69, 9.17) is 44.9 Å². The molecule has 6 heteroatoms. The Bertz CT molecular complexity index is 679. The molecule has 0 aromatic heterocycles. The fourth-order valence-corrected chi connectivity index (χ4v) is 2.59. The number of nitrogens with one attached hydrogen (secondary N) is 1. The maximum Gasteiger partial charge on any atom is 0.120 e. The summed E-state index contributed by atoms with van der Waals surface area (Å²) >= 11 is 17.4. The second kappa shape index (κ2) is 9.08. The van der Waals surface area contributed by atoms with Crippen molar-refractivity contribution in [3.8, 4) is 5.75 Å². The number of hydrogen-bond acceptors (Lipinski definition) is 3. The first-order chi connectivity index (χ1) is 11.1. The monoisotopic (exact) mass is 369 g/mol. The SMILES string of the molecule is COCCNC(=S)c1cccc(OCc2ccc(Cl)cc2Cl)c1. The summed E-state index contributed by atoms with van der Waals surface area (Å²) in [6.07, 6.45) is 0. The number of rotatable bonds is 7. The van der Waals surface area contributed by atoms with Gasteiger partial charge in [0.25, 0.3) is 0 Å². The molecule has 0 unspecified atom stereocenters. The Morgan fingerprint density at radius 1 is 1.17 bits per heavy atom. The molecule has 1 N–H and O–H groups in total. The molecule has 0 radical (unpaired) electrons. The van der Waals surface area contributed by atoms with Crippen LogP contribution in [0.2, 0.25) is 10.0 Å². The van der Waals surface area contributed by atoms with Crippen molar-refractivity contribution in [3.05, 3.63) is 63.6 Å². The lowest BCUT2D eigenvalue weighted by Crippen LogP contribution is -2.25. The zero-order chi connectivity index (χ0) is 16.7. The van der Waals surface area contributed by atoms with E-state index >= 15 is 0 Å². The average Bonchev–Trinajstić information content (AvgIpc) is 2.54. The Balaban J connectivity index is 1.98. The van der Waals surface area contributed by atoms with Crippen LogP contribution < -0.4 is 10.1 Å². The molecule has 3 nitrogen and oxygen atoms in total. The Kier molecular flexibility index (Phi) is 7.12. The quantitative estimate of drug-likeness (QED) is 0.575. The van der Waals surface area contributed by atoms with E-state index in [9.17, 15) is 0 Å². The van der Waals surface area contributed by atoms with Gasteiger partial charge in [0, 0.05) is 34.8 Å². The van der Waals surface area contributed by atoms with Crippen LogP contribution >= 0.6 is 35.4 Å². The molecule has 122 valence electrons. The van der Waals surface area contributed by atoms with Gasteiger partial charge in [-0.05, 0) is 24.3 Å². The summed E-state index contributed by atoms with van der Waals surface area (Å²) in [5, 5.41) is 4.32. The van der Waals surface area contributed by atoms with Crippen molar-refractivity contribution in [1.29, 1.82) is 0 Å². The third-order valence-corrected chi connectivity index (χ3v) is 4.06. The van der Waals surface area contributed by atoms with Crippen LogP contribution in [-0.2, 0) is 11.3 Å². The minimum absolute atomic E-state index is 0.364. The Morgan fingerprint density at radius 3 is 2.74 bits per heavy atom. The average molecular weight is 370 g/mol. The van der Waals surface area contributed by atoms with E-state index in [-0.39, 0.29) is 0 Å². The zero-order valence-electron chi connectivity index (χ0n) is 12.6. The number of halogens is 2. The maximum atomic E-state index is 6.14. The molecular formula is C17H17Cl2NO2S. The summed E-state index contributed by atoms with van der Waals surface area (Å²) in [4.78, 5) is 0.664. The van der Waals surface area contributed by atoms with Gasteiger partial charge in [0.15, 0.2) is 0 Å². The van der Waals surface area contributed by atoms with Crippen LogP contribution in [0.15, 0.2) is 42.5 Å². The van der Waals surface area contributed by atoms with Gasteiger partial charge in [-0.15, -0.1) is 0 Å². The molecule has 23 heavy (non-hydrogen) atoms. The predicted molar refractivity (Wildman–Crippen MR) is 98.8 cm³/mol. The lowest BCUT2D eigenvalue weighted by molar-refractivity contribution is 0.204. The highest BCUT2D eigenvalue weighted by molar-refractivity contribution is 7.80. The van der Waals surface area contributed by atoms with Crippen LogP contribution in [0.4, 0.5) is 0 Å². The van der Waals surface area contributed by atoms with E-state index in [2.05, 4.69) is 5.32 Å². The van der Waals surface area contributed by atoms with Crippen LogP contribution in [0.3, 0.4) is 0 Å². The molecule has 0 heterocycles. The zero-order valence-corrected chi connectivity index (χ0v) is 15.0. The van der Waals surface area contributed by atoms with Gasteiger partial charge in [-0.2, -0.15) is 0 Å². The van der Waals surface area contributed by atoms with E-state index in [0.29, 0.717) is 34.8 Å². The fraction of sp³-hybridized carbons (Fsp3) is 0.235. The number of hydrogen-bond donors (Lipinski definition) is 1. The van der Waals surface area contributed by atoms with E-state index in [0.717, 1.165) is 16.9 Å². The molecule has 0 aliphatic carbocycles. The smallest absolute Gasteiger partial charge is 0.120 e. The highest BCUT2D eigenvalue weighted by atomic mass is 35.5. The first-order valence-electron chi connectivity index (χ1n) is 7.04. The first-order valence-corrected chi connectivity index (χ1v) is 8.20. The minimum atomic E-state index is 0.364. The third kappa shape index (κ3) is 5.66. The number of benzene rings is 2. The summed E-state index contributed by atoms with van der Waals surface area (Å²) in [7, 11) is 1.65. The summed E-state index contributed by atoms with van der Waals surface area (Å²) in [5.74, 6) is 0.726. The van der Waals surface area contributed by atoms with E-state index in [1.165, 1.54) is 0 Å². The van der Waals surface area contributed by atoms with Crippen molar-refractivity contribution in [1.82, 2.24) is 5.32 Å².